The van der Waals surface area contributed by atoms with Gasteiger partial charge in [-0.25, -0.2) is 0 Å². The standard InChI is InChI=1S/C12H19BrN2OS/c1-2-16-12(8-3-4-8)11(15-14)6-10-5-9(13)7-17-10/h5,7-8,11-12,15H,2-4,6,14H2,1H3. The van der Waals surface area contributed by atoms with Gasteiger partial charge in [0.05, 0.1) is 12.1 Å². The van der Waals surface area contributed by atoms with Crippen molar-refractivity contribution in [1.82, 2.24) is 5.43 Å². The Bertz CT molecular complexity index is 354. The molecule has 2 unspecified atom stereocenters. The van der Waals surface area contributed by atoms with E-state index in [0.717, 1.165) is 17.5 Å². The minimum Gasteiger partial charge on any atom is -0.377 e. The van der Waals surface area contributed by atoms with E-state index < -0.39 is 0 Å². The summed E-state index contributed by atoms with van der Waals surface area (Å²) >= 11 is 5.24. The molecule has 3 nitrogen and oxygen atoms in total. The Morgan fingerprint density at radius 1 is 1.65 bits per heavy atom. The lowest BCUT2D eigenvalue weighted by Gasteiger charge is -2.26. The fourth-order valence-electron chi connectivity index (χ4n) is 2.15. The summed E-state index contributed by atoms with van der Waals surface area (Å²) in [4.78, 5) is 1.34. The lowest BCUT2D eigenvalue weighted by Crippen LogP contribution is -2.47. The van der Waals surface area contributed by atoms with E-state index in [9.17, 15) is 0 Å². The summed E-state index contributed by atoms with van der Waals surface area (Å²) in [5.41, 5.74) is 2.93. The molecule has 0 saturated heterocycles. The number of nitrogens with two attached hydrogens (primary N) is 1. The van der Waals surface area contributed by atoms with Crippen molar-refractivity contribution in [1.29, 1.82) is 0 Å². The zero-order chi connectivity index (χ0) is 12.3. The molecule has 0 spiro atoms. The van der Waals surface area contributed by atoms with Crippen LogP contribution in [0.15, 0.2) is 15.9 Å². The topological polar surface area (TPSA) is 47.3 Å². The first-order chi connectivity index (χ1) is 8.24. The van der Waals surface area contributed by atoms with E-state index >= 15 is 0 Å². The zero-order valence-corrected chi connectivity index (χ0v) is 12.4. The Hall–Kier alpha value is 0.0600. The van der Waals surface area contributed by atoms with Crippen molar-refractivity contribution >= 4 is 27.3 Å². The van der Waals surface area contributed by atoms with Crippen molar-refractivity contribution < 1.29 is 4.74 Å². The monoisotopic (exact) mass is 318 g/mol. The molecule has 0 aromatic carbocycles. The van der Waals surface area contributed by atoms with Crippen LogP contribution in [0.2, 0.25) is 0 Å². The van der Waals surface area contributed by atoms with Crippen LogP contribution in [0, 0.1) is 5.92 Å². The van der Waals surface area contributed by atoms with Crippen LogP contribution in [0.5, 0.6) is 0 Å². The van der Waals surface area contributed by atoms with Crippen LogP contribution >= 0.6 is 27.3 Å². The van der Waals surface area contributed by atoms with Gasteiger partial charge < -0.3 is 4.74 Å². The van der Waals surface area contributed by atoms with E-state index in [2.05, 4.69) is 32.8 Å². The van der Waals surface area contributed by atoms with Crippen molar-refractivity contribution in [2.45, 2.75) is 38.3 Å². The highest BCUT2D eigenvalue weighted by Crippen LogP contribution is 2.36. The summed E-state index contributed by atoms with van der Waals surface area (Å²) in [7, 11) is 0. The van der Waals surface area contributed by atoms with Gasteiger partial charge in [-0.1, -0.05) is 0 Å². The molecule has 0 aliphatic heterocycles. The van der Waals surface area contributed by atoms with Crippen molar-refractivity contribution in [2.24, 2.45) is 11.8 Å². The molecule has 1 aromatic heterocycles. The maximum Gasteiger partial charge on any atom is 0.0772 e. The van der Waals surface area contributed by atoms with Crippen LogP contribution in [0.4, 0.5) is 0 Å². The number of halogens is 1. The maximum atomic E-state index is 5.85. The summed E-state index contributed by atoms with van der Waals surface area (Å²) in [6.45, 7) is 2.80. The lowest BCUT2D eigenvalue weighted by atomic mass is 10.0. The van der Waals surface area contributed by atoms with Crippen molar-refractivity contribution in [3.63, 3.8) is 0 Å². The van der Waals surface area contributed by atoms with Crippen LogP contribution < -0.4 is 11.3 Å². The van der Waals surface area contributed by atoms with Crippen molar-refractivity contribution in [2.75, 3.05) is 6.61 Å². The van der Waals surface area contributed by atoms with Crippen LogP contribution in [-0.4, -0.2) is 18.8 Å². The molecule has 0 bridgehead atoms. The smallest absolute Gasteiger partial charge is 0.0772 e. The van der Waals surface area contributed by atoms with Crippen molar-refractivity contribution in [3.8, 4) is 0 Å². The van der Waals surface area contributed by atoms with Crippen molar-refractivity contribution in [3.05, 3.63) is 20.8 Å². The molecule has 0 radical (unpaired) electrons. The van der Waals surface area contributed by atoms with E-state index in [0.29, 0.717) is 5.92 Å². The van der Waals surface area contributed by atoms with Gasteiger partial charge in [-0.3, -0.25) is 11.3 Å². The molecular formula is C12H19BrN2OS. The first-order valence-electron chi connectivity index (χ1n) is 6.05. The fraction of sp³-hybridized carbons (Fsp3) is 0.667. The van der Waals surface area contributed by atoms with Gasteiger partial charge in [0.1, 0.15) is 0 Å². The molecule has 5 heteroatoms. The molecule has 1 heterocycles. The molecule has 1 aliphatic rings. The zero-order valence-electron chi connectivity index (χ0n) is 9.99. The van der Waals surface area contributed by atoms with Gasteiger partial charge in [0.2, 0.25) is 0 Å². The lowest BCUT2D eigenvalue weighted by molar-refractivity contribution is 0.0194. The second-order valence-corrected chi connectivity index (χ2v) is 6.38. The number of hydrogen-bond donors (Lipinski definition) is 2. The number of hydrazine groups is 1. The average Bonchev–Trinajstić information content (AvgIpc) is 3.07. The summed E-state index contributed by atoms with van der Waals surface area (Å²) < 4.78 is 6.99. The van der Waals surface area contributed by atoms with Gasteiger partial charge in [0, 0.05) is 27.8 Å². The Morgan fingerprint density at radius 3 is 2.88 bits per heavy atom. The number of nitrogens with one attached hydrogen (secondary N) is 1. The highest BCUT2D eigenvalue weighted by Gasteiger charge is 2.37. The fourth-order valence-corrected chi connectivity index (χ4v) is 3.66. The summed E-state index contributed by atoms with van der Waals surface area (Å²) in [6, 6.07) is 2.37. The second kappa shape index (κ2) is 6.29. The summed E-state index contributed by atoms with van der Waals surface area (Å²) in [6.07, 6.45) is 3.74. The highest BCUT2D eigenvalue weighted by atomic mass is 79.9. The van der Waals surface area contributed by atoms with Gasteiger partial charge >= 0.3 is 0 Å². The predicted octanol–water partition coefficient (Wildman–Crippen LogP) is 2.70. The van der Waals surface area contributed by atoms with E-state index in [1.165, 1.54) is 17.7 Å². The van der Waals surface area contributed by atoms with Crippen LogP contribution in [-0.2, 0) is 11.2 Å². The number of rotatable bonds is 7. The molecule has 17 heavy (non-hydrogen) atoms. The minimum absolute atomic E-state index is 0.216. The quantitative estimate of drug-likeness (QED) is 0.600. The normalized spacial score (nSPS) is 19.2. The van der Waals surface area contributed by atoms with Crippen LogP contribution in [0.1, 0.15) is 24.6 Å². The number of ether oxygens (including phenoxy) is 1. The molecule has 1 fully saturated rings. The van der Waals surface area contributed by atoms with Gasteiger partial charge in [0.15, 0.2) is 0 Å². The van der Waals surface area contributed by atoms with Gasteiger partial charge in [0.25, 0.3) is 0 Å². The third-order valence-corrected chi connectivity index (χ3v) is 4.82. The predicted molar refractivity (Wildman–Crippen MR) is 75.0 cm³/mol. The SMILES string of the molecule is CCOC(C1CC1)C(Cc1cc(Br)cs1)NN. The maximum absolute atomic E-state index is 5.85. The summed E-state index contributed by atoms with van der Waals surface area (Å²) in [5.74, 6) is 6.38. The number of thiophene rings is 1. The van der Waals surface area contributed by atoms with Gasteiger partial charge in [-0.15, -0.1) is 11.3 Å². The largest absolute Gasteiger partial charge is 0.377 e. The van der Waals surface area contributed by atoms with E-state index in [4.69, 9.17) is 10.6 Å². The third-order valence-electron chi connectivity index (χ3n) is 3.10. The Kier molecular flexibility index (Phi) is 4.99. The first kappa shape index (κ1) is 13.5. The molecule has 1 aromatic rings. The summed E-state index contributed by atoms with van der Waals surface area (Å²) in [5, 5.41) is 2.11. The highest BCUT2D eigenvalue weighted by molar-refractivity contribution is 9.10. The van der Waals surface area contributed by atoms with Crippen LogP contribution in [0.25, 0.3) is 0 Å². The Balaban J connectivity index is 1.98. The molecule has 2 atom stereocenters. The molecule has 0 amide bonds. The minimum atomic E-state index is 0.216. The average molecular weight is 319 g/mol. The molecule has 96 valence electrons. The first-order valence-corrected chi connectivity index (χ1v) is 7.72. The Morgan fingerprint density at radius 2 is 2.41 bits per heavy atom. The van der Waals surface area contributed by atoms with Gasteiger partial charge in [-0.05, 0) is 47.7 Å². The molecule has 2 rings (SSSR count). The molecule has 3 N–H and O–H groups in total. The molecular weight excluding hydrogens is 300 g/mol. The third kappa shape index (κ3) is 3.76. The molecule has 1 saturated carbocycles. The second-order valence-electron chi connectivity index (χ2n) is 4.47. The number of hydrogen-bond acceptors (Lipinski definition) is 4. The Labute approximate surface area is 115 Å². The van der Waals surface area contributed by atoms with Crippen LogP contribution in [0.3, 0.4) is 0 Å². The van der Waals surface area contributed by atoms with E-state index in [1.54, 1.807) is 11.3 Å². The van der Waals surface area contributed by atoms with E-state index in [1.807, 2.05) is 6.92 Å². The molecule has 1 aliphatic carbocycles. The van der Waals surface area contributed by atoms with E-state index in [-0.39, 0.29) is 12.1 Å². The van der Waals surface area contributed by atoms with Gasteiger partial charge in [-0.2, -0.15) is 0 Å².